The number of H-pyrrole nitrogens is 1. The molecule has 11 heteroatoms. The summed E-state index contributed by atoms with van der Waals surface area (Å²) in [7, 11) is 0. The van der Waals surface area contributed by atoms with Crippen LogP contribution in [-0.2, 0) is 9.59 Å². The number of aromatic amines is 1. The first-order valence-electron chi connectivity index (χ1n) is 11.5. The van der Waals surface area contributed by atoms with E-state index in [0.29, 0.717) is 30.8 Å². The Morgan fingerprint density at radius 2 is 2.00 bits per heavy atom. The van der Waals surface area contributed by atoms with E-state index in [0.717, 1.165) is 18.9 Å². The Morgan fingerprint density at radius 3 is 2.63 bits per heavy atom. The number of nitrogens with one attached hydrogen (secondary N) is 3. The molecule has 35 heavy (non-hydrogen) atoms. The van der Waals surface area contributed by atoms with Gasteiger partial charge < -0.3 is 20.4 Å². The van der Waals surface area contributed by atoms with E-state index < -0.39 is 35.8 Å². The molecule has 2 amide bonds. The molecule has 2 aromatic rings. The van der Waals surface area contributed by atoms with Crippen molar-refractivity contribution in [3.05, 3.63) is 30.0 Å². The van der Waals surface area contributed by atoms with Crippen LogP contribution in [0.3, 0.4) is 0 Å². The number of ether oxygens (including phenoxy) is 1. The molecule has 1 aliphatic carbocycles. The SMILES string of the molecule is N#C[C@H](C[C@@H]1CCNC1=O)NC(=O)[C@@H](CC(=O)c1cc2c(OC(F)(F)F)cccc2[nH]1)CC1CC1. The molecular formula is C24H25F3N4O4. The van der Waals surface area contributed by atoms with Gasteiger partial charge >= 0.3 is 6.36 Å². The summed E-state index contributed by atoms with van der Waals surface area (Å²) in [4.78, 5) is 40.7. The van der Waals surface area contributed by atoms with Crippen LogP contribution in [0.1, 0.15) is 49.0 Å². The predicted octanol–water partition coefficient (Wildman–Crippen LogP) is 3.59. The Kier molecular flexibility index (Phi) is 7.00. The Balaban J connectivity index is 1.46. The van der Waals surface area contributed by atoms with Crippen molar-refractivity contribution in [1.82, 2.24) is 15.6 Å². The van der Waals surface area contributed by atoms with E-state index in [1.165, 1.54) is 18.2 Å². The lowest BCUT2D eigenvalue weighted by Crippen LogP contribution is -2.40. The van der Waals surface area contributed by atoms with E-state index in [2.05, 4.69) is 20.4 Å². The summed E-state index contributed by atoms with van der Waals surface area (Å²) in [5, 5.41) is 15.0. The van der Waals surface area contributed by atoms with Crippen molar-refractivity contribution in [2.75, 3.05) is 6.54 Å². The summed E-state index contributed by atoms with van der Waals surface area (Å²) >= 11 is 0. The number of nitriles is 1. The number of alkyl halides is 3. The molecule has 3 N–H and O–H groups in total. The Bertz CT molecular complexity index is 1170. The van der Waals surface area contributed by atoms with Crippen molar-refractivity contribution < 1.29 is 32.3 Å². The molecule has 1 aromatic heterocycles. The number of aromatic nitrogens is 1. The zero-order chi connectivity index (χ0) is 25.2. The summed E-state index contributed by atoms with van der Waals surface area (Å²) in [6.07, 6.45) is -1.87. The van der Waals surface area contributed by atoms with Gasteiger partial charge in [-0.15, -0.1) is 13.2 Å². The lowest BCUT2D eigenvalue weighted by molar-refractivity contribution is -0.274. The fourth-order valence-electron chi connectivity index (χ4n) is 4.45. The maximum atomic E-state index is 13.0. The van der Waals surface area contributed by atoms with Crippen LogP contribution in [0.5, 0.6) is 5.75 Å². The topological polar surface area (TPSA) is 124 Å². The minimum atomic E-state index is -4.88. The summed E-state index contributed by atoms with van der Waals surface area (Å²) in [5.74, 6) is -2.16. The van der Waals surface area contributed by atoms with E-state index in [1.807, 2.05) is 6.07 Å². The molecule has 0 radical (unpaired) electrons. The van der Waals surface area contributed by atoms with Crippen LogP contribution in [0.15, 0.2) is 24.3 Å². The molecule has 1 aliphatic heterocycles. The van der Waals surface area contributed by atoms with Crippen LogP contribution in [0.4, 0.5) is 13.2 Å². The minimum absolute atomic E-state index is 0.0753. The third-order valence-electron chi connectivity index (χ3n) is 6.42. The quantitative estimate of drug-likeness (QED) is 0.439. The van der Waals surface area contributed by atoms with Gasteiger partial charge in [-0.05, 0) is 43.4 Å². The number of carbonyl (C=O) groups excluding carboxylic acids is 3. The number of hydrogen-bond donors (Lipinski definition) is 3. The van der Waals surface area contributed by atoms with Gasteiger partial charge in [0.05, 0.1) is 11.8 Å². The average Bonchev–Trinajstić information content (AvgIpc) is 3.34. The average molecular weight is 490 g/mol. The summed E-state index contributed by atoms with van der Waals surface area (Å²) in [6.45, 7) is 0.536. The van der Waals surface area contributed by atoms with Crippen LogP contribution in [0.25, 0.3) is 10.9 Å². The zero-order valence-corrected chi connectivity index (χ0v) is 18.8. The maximum absolute atomic E-state index is 13.0. The largest absolute Gasteiger partial charge is 0.573 e. The van der Waals surface area contributed by atoms with E-state index >= 15 is 0 Å². The maximum Gasteiger partial charge on any atom is 0.573 e. The number of carbonyl (C=O) groups is 3. The summed E-state index contributed by atoms with van der Waals surface area (Å²) in [6, 6.07) is 6.53. The molecule has 1 aromatic carbocycles. The first-order valence-corrected chi connectivity index (χ1v) is 11.5. The van der Waals surface area contributed by atoms with Crippen molar-refractivity contribution in [3.8, 4) is 11.8 Å². The van der Waals surface area contributed by atoms with Gasteiger partial charge in [0.15, 0.2) is 5.78 Å². The van der Waals surface area contributed by atoms with Gasteiger partial charge in [-0.2, -0.15) is 5.26 Å². The predicted molar refractivity (Wildman–Crippen MR) is 118 cm³/mol. The van der Waals surface area contributed by atoms with E-state index in [9.17, 15) is 32.8 Å². The monoisotopic (exact) mass is 490 g/mol. The van der Waals surface area contributed by atoms with Crippen molar-refractivity contribution >= 4 is 28.5 Å². The van der Waals surface area contributed by atoms with Crippen LogP contribution in [-0.4, -0.2) is 41.5 Å². The molecule has 2 fully saturated rings. The highest BCUT2D eigenvalue weighted by atomic mass is 19.4. The number of nitrogens with zero attached hydrogens (tertiary/aromatic N) is 1. The second-order valence-corrected chi connectivity index (χ2v) is 9.15. The number of ketones is 1. The van der Waals surface area contributed by atoms with Crippen molar-refractivity contribution in [1.29, 1.82) is 5.26 Å². The van der Waals surface area contributed by atoms with Gasteiger partial charge in [0.25, 0.3) is 0 Å². The Labute approximate surface area is 199 Å². The molecule has 1 saturated carbocycles. The first kappa shape index (κ1) is 24.6. The molecular weight excluding hydrogens is 465 g/mol. The molecule has 2 heterocycles. The number of hydrogen-bond acceptors (Lipinski definition) is 5. The van der Waals surface area contributed by atoms with Crippen LogP contribution >= 0.6 is 0 Å². The number of rotatable bonds is 10. The molecule has 2 aliphatic rings. The molecule has 0 spiro atoms. The van der Waals surface area contributed by atoms with E-state index in [-0.39, 0.29) is 35.7 Å². The zero-order valence-electron chi connectivity index (χ0n) is 18.8. The lowest BCUT2D eigenvalue weighted by atomic mass is 9.93. The minimum Gasteiger partial charge on any atom is -0.405 e. The van der Waals surface area contributed by atoms with Gasteiger partial charge in [0.2, 0.25) is 11.8 Å². The summed E-state index contributed by atoms with van der Waals surface area (Å²) in [5.41, 5.74) is 0.379. The van der Waals surface area contributed by atoms with Crippen LogP contribution in [0, 0.1) is 29.1 Å². The van der Waals surface area contributed by atoms with Gasteiger partial charge in [0.1, 0.15) is 11.8 Å². The highest BCUT2D eigenvalue weighted by molar-refractivity contribution is 6.02. The third kappa shape index (κ3) is 6.32. The molecule has 8 nitrogen and oxygen atoms in total. The van der Waals surface area contributed by atoms with Crippen molar-refractivity contribution in [3.63, 3.8) is 0 Å². The Morgan fingerprint density at radius 1 is 1.23 bits per heavy atom. The molecule has 0 bridgehead atoms. The number of amides is 2. The fourth-order valence-corrected chi connectivity index (χ4v) is 4.45. The number of halogens is 3. The van der Waals surface area contributed by atoms with Crippen LogP contribution in [0.2, 0.25) is 0 Å². The highest BCUT2D eigenvalue weighted by Gasteiger charge is 2.35. The van der Waals surface area contributed by atoms with Crippen molar-refractivity contribution in [2.24, 2.45) is 17.8 Å². The number of benzene rings is 1. The molecule has 0 unspecified atom stereocenters. The number of fused-ring (bicyclic) bond motifs is 1. The Hall–Kier alpha value is -3.55. The first-order chi connectivity index (χ1) is 16.6. The third-order valence-corrected chi connectivity index (χ3v) is 6.42. The van der Waals surface area contributed by atoms with Crippen molar-refractivity contribution in [2.45, 2.75) is 50.9 Å². The molecule has 186 valence electrons. The van der Waals surface area contributed by atoms with Gasteiger partial charge in [-0.3, -0.25) is 14.4 Å². The van der Waals surface area contributed by atoms with Gasteiger partial charge in [-0.1, -0.05) is 18.9 Å². The number of Topliss-reactive ketones (excluding diaryl/α,β-unsaturated/α-hetero) is 1. The van der Waals surface area contributed by atoms with Gasteiger partial charge in [-0.25, -0.2) is 0 Å². The fraction of sp³-hybridized carbons (Fsp3) is 0.500. The standard InChI is InChI=1S/C24H25F3N4O4/c25-24(26,27)35-21-3-1-2-18-17(21)11-19(31-18)20(32)10-15(8-13-4-5-13)23(34)30-16(12-28)9-14-6-7-29-22(14)33/h1-3,11,13-16,31H,4-10H2,(H,29,33)(H,30,34)/t14-,15+,16-/m0/s1. The van der Waals surface area contributed by atoms with Crippen LogP contribution < -0.4 is 15.4 Å². The molecule has 4 rings (SSSR count). The second kappa shape index (κ2) is 9.98. The highest BCUT2D eigenvalue weighted by Crippen LogP contribution is 2.37. The lowest BCUT2D eigenvalue weighted by Gasteiger charge is -2.19. The van der Waals surface area contributed by atoms with E-state index in [4.69, 9.17) is 0 Å². The van der Waals surface area contributed by atoms with E-state index in [1.54, 1.807) is 0 Å². The van der Waals surface area contributed by atoms with Gasteiger partial charge in [0, 0.05) is 35.7 Å². The smallest absolute Gasteiger partial charge is 0.405 e. The molecule has 3 atom stereocenters. The summed E-state index contributed by atoms with van der Waals surface area (Å²) < 4.78 is 42.2. The normalized spacial score (nSPS) is 19.6. The second-order valence-electron chi connectivity index (χ2n) is 9.15. The molecule has 1 saturated heterocycles.